The van der Waals surface area contributed by atoms with E-state index in [0.717, 1.165) is 25.2 Å². The van der Waals surface area contributed by atoms with Crippen molar-refractivity contribution in [2.24, 2.45) is 0 Å². The van der Waals surface area contributed by atoms with Gasteiger partial charge in [0.05, 0.1) is 11.3 Å². The van der Waals surface area contributed by atoms with Gasteiger partial charge in [-0.05, 0) is 42.9 Å². The number of carbonyl (C=O) groups is 2. The molecule has 3 rings (SSSR count). The molecule has 34 heavy (non-hydrogen) atoms. The first kappa shape index (κ1) is 25.9. The molecule has 0 bridgehead atoms. The number of piperazine rings is 1. The standard InChI is InChI=1S/C22H23BrF4N4O3/c1-29-6-8-30(9-7-29)12-14-2-4-16(11-17(14)22(25,26)27)28-20(32)13-31(21(33)34)19-5-3-15(23)10-18(19)24/h2-5,10-11H,6-9,12-13H2,1H3,(H,28,32)(H,33,34). The van der Waals surface area contributed by atoms with Crippen molar-refractivity contribution in [2.45, 2.75) is 12.7 Å². The molecule has 0 atom stereocenters. The van der Waals surface area contributed by atoms with Crippen LogP contribution in [0.4, 0.5) is 33.7 Å². The maximum atomic E-state index is 14.2. The number of halogens is 5. The summed E-state index contributed by atoms with van der Waals surface area (Å²) in [7, 11) is 1.95. The minimum Gasteiger partial charge on any atom is -0.465 e. The molecule has 2 aromatic carbocycles. The van der Waals surface area contributed by atoms with Crippen LogP contribution in [0.1, 0.15) is 11.1 Å². The minimum absolute atomic E-state index is 0.0825. The molecule has 0 spiro atoms. The SMILES string of the molecule is CN1CCN(Cc2ccc(NC(=O)CN(C(=O)O)c3ccc(Br)cc3F)cc2C(F)(F)F)CC1. The molecule has 0 saturated carbocycles. The van der Waals surface area contributed by atoms with Crippen LogP contribution in [0.15, 0.2) is 40.9 Å². The van der Waals surface area contributed by atoms with Crippen molar-refractivity contribution in [1.82, 2.24) is 9.80 Å². The monoisotopic (exact) mass is 546 g/mol. The van der Waals surface area contributed by atoms with Crippen molar-refractivity contribution in [3.63, 3.8) is 0 Å². The van der Waals surface area contributed by atoms with Gasteiger partial charge in [-0.15, -0.1) is 0 Å². The van der Waals surface area contributed by atoms with E-state index in [0.29, 0.717) is 22.5 Å². The van der Waals surface area contributed by atoms with Gasteiger partial charge in [0.2, 0.25) is 5.91 Å². The van der Waals surface area contributed by atoms with E-state index in [1.807, 2.05) is 11.9 Å². The molecule has 1 fully saturated rings. The fraction of sp³-hybridized carbons (Fsp3) is 0.364. The average molecular weight is 547 g/mol. The van der Waals surface area contributed by atoms with Crippen molar-refractivity contribution in [2.75, 3.05) is 50.0 Å². The highest BCUT2D eigenvalue weighted by atomic mass is 79.9. The van der Waals surface area contributed by atoms with Gasteiger partial charge in [-0.2, -0.15) is 13.2 Å². The van der Waals surface area contributed by atoms with Gasteiger partial charge in [-0.3, -0.25) is 14.6 Å². The van der Waals surface area contributed by atoms with Gasteiger partial charge in [0.15, 0.2) is 0 Å². The van der Waals surface area contributed by atoms with E-state index in [9.17, 15) is 32.3 Å². The summed E-state index contributed by atoms with van der Waals surface area (Å²) in [5.74, 6) is -1.79. The van der Waals surface area contributed by atoms with Crippen LogP contribution in [0, 0.1) is 5.82 Å². The molecule has 1 aliphatic heterocycles. The first-order chi connectivity index (χ1) is 15.9. The predicted molar refractivity (Wildman–Crippen MR) is 122 cm³/mol. The molecular weight excluding hydrogens is 524 g/mol. The molecule has 2 aromatic rings. The third-order valence-electron chi connectivity index (χ3n) is 5.42. The van der Waals surface area contributed by atoms with E-state index in [1.54, 1.807) is 0 Å². The summed E-state index contributed by atoms with van der Waals surface area (Å²) in [5.41, 5.74) is -1.29. The lowest BCUT2D eigenvalue weighted by Gasteiger charge is -2.33. The number of hydrogen-bond acceptors (Lipinski definition) is 4. The first-order valence-electron chi connectivity index (χ1n) is 10.3. The summed E-state index contributed by atoms with van der Waals surface area (Å²) < 4.78 is 55.7. The molecule has 0 unspecified atom stereocenters. The number of hydrogen-bond donors (Lipinski definition) is 2. The topological polar surface area (TPSA) is 76.1 Å². The fourth-order valence-corrected chi connectivity index (χ4v) is 3.94. The number of amides is 2. The fourth-order valence-electron chi connectivity index (χ4n) is 3.60. The van der Waals surface area contributed by atoms with Gasteiger partial charge in [-0.1, -0.05) is 22.0 Å². The van der Waals surface area contributed by atoms with Crippen LogP contribution in [0.25, 0.3) is 0 Å². The molecule has 184 valence electrons. The lowest BCUT2D eigenvalue weighted by molar-refractivity contribution is -0.138. The lowest BCUT2D eigenvalue weighted by Crippen LogP contribution is -2.44. The van der Waals surface area contributed by atoms with Gasteiger partial charge >= 0.3 is 12.3 Å². The highest BCUT2D eigenvalue weighted by Crippen LogP contribution is 2.34. The zero-order valence-corrected chi connectivity index (χ0v) is 19.8. The summed E-state index contributed by atoms with van der Waals surface area (Å²) in [6.07, 6.45) is -6.23. The highest BCUT2D eigenvalue weighted by molar-refractivity contribution is 9.10. The first-order valence-corrected chi connectivity index (χ1v) is 11.1. The zero-order chi connectivity index (χ0) is 25.0. The summed E-state index contributed by atoms with van der Waals surface area (Å²) in [4.78, 5) is 28.5. The van der Waals surface area contributed by atoms with Crippen LogP contribution < -0.4 is 10.2 Å². The summed E-state index contributed by atoms with van der Waals surface area (Å²) in [6, 6.07) is 7.09. The molecule has 1 saturated heterocycles. The van der Waals surface area contributed by atoms with Gasteiger partial charge in [0.25, 0.3) is 0 Å². The minimum atomic E-state index is -4.64. The van der Waals surface area contributed by atoms with Crippen LogP contribution in [-0.2, 0) is 17.5 Å². The molecule has 0 aromatic heterocycles. The van der Waals surface area contributed by atoms with Gasteiger partial charge in [0, 0.05) is 42.9 Å². The lowest BCUT2D eigenvalue weighted by atomic mass is 10.0. The van der Waals surface area contributed by atoms with E-state index in [2.05, 4.69) is 26.1 Å². The number of nitrogens with zero attached hydrogens (tertiary/aromatic N) is 3. The number of alkyl halides is 3. The number of likely N-dealkylation sites (N-methyl/N-ethyl adjacent to an activating group) is 1. The predicted octanol–water partition coefficient (Wildman–Crippen LogP) is 4.48. The summed E-state index contributed by atoms with van der Waals surface area (Å²) >= 11 is 3.06. The maximum absolute atomic E-state index is 14.2. The van der Waals surface area contributed by atoms with E-state index >= 15 is 0 Å². The van der Waals surface area contributed by atoms with Gasteiger partial charge < -0.3 is 15.3 Å². The molecule has 7 nitrogen and oxygen atoms in total. The number of carboxylic acid groups (broad SMARTS) is 1. The molecule has 2 amide bonds. The molecule has 2 N–H and O–H groups in total. The number of anilines is 2. The van der Waals surface area contributed by atoms with Crippen molar-refractivity contribution < 1.29 is 32.3 Å². The Morgan fingerprint density at radius 3 is 2.38 bits per heavy atom. The normalized spacial score (nSPS) is 15.2. The van der Waals surface area contributed by atoms with Crippen LogP contribution >= 0.6 is 15.9 Å². The Morgan fingerprint density at radius 2 is 1.79 bits per heavy atom. The van der Waals surface area contributed by atoms with Crippen LogP contribution in [0.2, 0.25) is 0 Å². The summed E-state index contributed by atoms with van der Waals surface area (Å²) in [5, 5.41) is 11.7. The second-order valence-corrected chi connectivity index (χ2v) is 8.88. The van der Waals surface area contributed by atoms with Gasteiger partial charge in [0.1, 0.15) is 12.4 Å². The third kappa shape index (κ3) is 6.67. The second kappa shape index (κ2) is 10.7. The number of nitrogens with one attached hydrogen (secondary N) is 1. The van der Waals surface area contributed by atoms with Crippen molar-refractivity contribution in [1.29, 1.82) is 0 Å². The van der Waals surface area contributed by atoms with E-state index in [-0.39, 0.29) is 23.5 Å². The highest BCUT2D eigenvalue weighted by Gasteiger charge is 2.34. The van der Waals surface area contributed by atoms with Crippen LogP contribution in [-0.4, -0.2) is 66.7 Å². The largest absolute Gasteiger partial charge is 0.465 e. The Balaban J connectivity index is 1.76. The number of benzene rings is 2. The Bertz CT molecular complexity index is 1060. The molecule has 1 aliphatic rings. The van der Waals surface area contributed by atoms with Crippen molar-refractivity contribution >= 4 is 39.3 Å². The quantitative estimate of drug-likeness (QED) is 0.522. The molecular formula is C22H23BrF4N4O3. The van der Waals surface area contributed by atoms with E-state index in [4.69, 9.17) is 0 Å². The maximum Gasteiger partial charge on any atom is 0.416 e. The third-order valence-corrected chi connectivity index (χ3v) is 5.92. The van der Waals surface area contributed by atoms with E-state index in [1.165, 1.54) is 24.3 Å². The Morgan fingerprint density at radius 1 is 1.12 bits per heavy atom. The number of rotatable bonds is 6. The molecule has 1 heterocycles. The van der Waals surface area contributed by atoms with Crippen LogP contribution in [0.5, 0.6) is 0 Å². The average Bonchev–Trinajstić information content (AvgIpc) is 2.74. The number of carbonyl (C=O) groups excluding carboxylic acids is 1. The second-order valence-electron chi connectivity index (χ2n) is 7.96. The van der Waals surface area contributed by atoms with E-state index < -0.39 is 36.1 Å². The van der Waals surface area contributed by atoms with Crippen molar-refractivity contribution in [3.05, 3.63) is 57.8 Å². The zero-order valence-electron chi connectivity index (χ0n) is 18.2. The summed E-state index contributed by atoms with van der Waals surface area (Å²) in [6.45, 7) is 2.11. The molecule has 12 heteroatoms. The van der Waals surface area contributed by atoms with Crippen LogP contribution in [0.3, 0.4) is 0 Å². The van der Waals surface area contributed by atoms with Crippen molar-refractivity contribution in [3.8, 4) is 0 Å². The van der Waals surface area contributed by atoms with Gasteiger partial charge in [-0.25, -0.2) is 9.18 Å². The Labute approximate surface area is 202 Å². The Kier molecular flexibility index (Phi) is 8.16. The molecule has 0 aliphatic carbocycles. The Hall–Kier alpha value is -2.70. The smallest absolute Gasteiger partial charge is 0.416 e. The molecule has 0 radical (unpaired) electrons.